The van der Waals surface area contributed by atoms with Crippen molar-refractivity contribution < 1.29 is 4.42 Å². The number of unbranched alkanes of at least 4 members (excludes halogenated alkanes) is 1. The number of fused-ring (bicyclic) bond motifs is 1. The van der Waals surface area contributed by atoms with E-state index in [0.29, 0.717) is 0 Å². The highest BCUT2D eigenvalue weighted by Crippen LogP contribution is 2.32. The lowest BCUT2D eigenvalue weighted by atomic mass is 9.93. The molecule has 0 N–H and O–H groups in total. The summed E-state index contributed by atoms with van der Waals surface area (Å²) in [5.74, 6) is 1.51. The van der Waals surface area contributed by atoms with Crippen molar-refractivity contribution in [1.29, 1.82) is 0 Å². The van der Waals surface area contributed by atoms with Gasteiger partial charge in [-0.3, -0.25) is 4.90 Å². The summed E-state index contributed by atoms with van der Waals surface area (Å²) in [5.41, 5.74) is 2.84. The molecule has 1 aliphatic rings. The van der Waals surface area contributed by atoms with Crippen LogP contribution in [0.3, 0.4) is 0 Å². The molecule has 112 valence electrons. The summed E-state index contributed by atoms with van der Waals surface area (Å²) in [6.07, 6.45) is 4.17. The Morgan fingerprint density at radius 3 is 2.71 bits per heavy atom. The number of nitrogens with zero attached hydrogens (tertiary/aromatic N) is 3. The number of aromatic nitrogens is 2. The smallest absolute Gasteiger partial charge is 0.233 e. The van der Waals surface area contributed by atoms with Gasteiger partial charge in [-0.25, -0.2) is 0 Å². The van der Waals surface area contributed by atoms with E-state index in [9.17, 15) is 0 Å². The summed E-state index contributed by atoms with van der Waals surface area (Å²) < 4.78 is 5.83. The zero-order valence-electron chi connectivity index (χ0n) is 12.9. The Morgan fingerprint density at radius 1 is 1.19 bits per heavy atom. The minimum atomic E-state index is 0.222. The van der Waals surface area contributed by atoms with Crippen molar-refractivity contribution in [3.63, 3.8) is 0 Å². The van der Waals surface area contributed by atoms with Gasteiger partial charge in [0.1, 0.15) is 0 Å². The molecule has 4 nitrogen and oxygen atoms in total. The molecule has 0 saturated heterocycles. The lowest BCUT2D eigenvalue weighted by Gasteiger charge is -2.34. The lowest BCUT2D eigenvalue weighted by Crippen LogP contribution is -2.35. The van der Waals surface area contributed by atoms with Gasteiger partial charge in [-0.05, 0) is 30.5 Å². The van der Waals surface area contributed by atoms with Crippen molar-refractivity contribution in [1.82, 2.24) is 15.1 Å². The van der Waals surface area contributed by atoms with E-state index in [2.05, 4.69) is 46.3 Å². The Hall–Kier alpha value is -1.68. The number of rotatable bonds is 5. The van der Waals surface area contributed by atoms with E-state index in [1.54, 1.807) is 0 Å². The van der Waals surface area contributed by atoms with Gasteiger partial charge in [0.2, 0.25) is 11.8 Å². The van der Waals surface area contributed by atoms with Crippen LogP contribution in [0, 0.1) is 0 Å². The molecule has 0 fully saturated rings. The van der Waals surface area contributed by atoms with Gasteiger partial charge in [0.15, 0.2) is 0 Å². The fourth-order valence-electron chi connectivity index (χ4n) is 2.96. The van der Waals surface area contributed by atoms with Gasteiger partial charge in [-0.15, -0.1) is 10.2 Å². The topological polar surface area (TPSA) is 42.2 Å². The molecule has 2 heterocycles. The minimum absolute atomic E-state index is 0.222. The molecular formula is C17H23N3O. The number of hydrogen-bond donors (Lipinski definition) is 0. The Balaban J connectivity index is 1.88. The highest BCUT2D eigenvalue weighted by atomic mass is 16.4. The summed E-state index contributed by atoms with van der Waals surface area (Å²) in [5, 5.41) is 8.42. The third-order valence-electron chi connectivity index (χ3n) is 4.21. The maximum atomic E-state index is 5.83. The first-order valence-corrected chi connectivity index (χ1v) is 7.95. The molecule has 0 amide bonds. The van der Waals surface area contributed by atoms with Crippen LogP contribution in [-0.4, -0.2) is 21.6 Å². The van der Waals surface area contributed by atoms with Crippen molar-refractivity contribution in [3.05, 3.63) is 47.2 Å². The van der Waals surface area contributed by atoms with Crippen molar-refractivity contribution in [3.8, 4) is 0 Å². The largest absolute Gasteiger partial charge is 0.424 e. The molecule has 0 unspecified atom stereocenters. The maximum Gasteiger partial charge on any atom is 0.233 e. The van der Waals surface area contributed by atoms with E-state index >= 15 is 0 Å². The van der Waals surface area contributed by atoms with Crippen LogP contribution in [0.2, 0.25) is 0 Å². The second-order valence-corrected chi connectivity index (χ2v) is 5.70. The molecule has 0 aliphatic carbocycles. The molecule has 21 heavy (non-hydrogen) atoms. The van der Waals surface area contributed by atoms with Crippen LogP contribution in [0.5, 0.6) is 0 Å². The van der Waals surface area contributed by atoms with Crippen molar-refractivity contribution in [2.75, 3.05) is 6.54 Å². The number of hydrogen-bond acceptors (Lipinski definition) is 4. The predicted octanol–water partition coefficient (Wildman–Crippen LogP) is 3.53. The molecule has 0 spiro atoms. The third-order valence-corrected chi connectivity index (χ3v) is 4.21. The van der Waals surface area contributed by atoms with Crippen molar-refractivity contribution in [2.24, 2.45) is 0 Å². The summed E-state index contributed by atoms with van der Waals surface area (Å²) in [4.78, 5) is 2.48. The Morgan fingerprint density at radius 2 is 2.00 bits per heavy atom. The van der Waals surface area contributed by atoms with E-state index in [4.69, 9.17) is 4.42 Å². The van der Waals surface area contributed by atoms with Crippen LogP contribution in [0.15, 0.2) is 28.7 Å². The second kappa shape index (κ2) is 6.39. The summed E-state index contributed by atoms with van der Waals surface area (Å²) >= 11 is 0. The predicted molar refractivity (Wildman–Crippen MR) is 81.9 cm³/mol. The molecule has 0 bridgehead atoms. The number of aryl methyl sites for hydroxylation is 1. The molecular weight excluding hydrogens is 262 g/mol. The first-order chi connectivity index (χ1) is 10.3. The first-order valence-electron chi connectivity index (χ1n) is 7.95. The van der Waals surface area contributed by atoms with Gasteiger partial charge in [0.25, 0.3) is 0 Å². The minimum Gasteiger partial charge on any atom is -0.424 e. The Kier molecular flexibility index (Phi) is 4.34. The van der Waals surface area contributed by atoms with E-state index in [1.165, 1.54) is 24.0 Å². The van der Waals surface area contributed by atoms with Gasteiger partial charge in [0.05, 0.1) is 6.04 Å². The molecule has 0 radical (unpaired) electrons. The number of benzene rings is 1. The standard InChI is InChI=1S/C17H23N3O/c1-3-5-10-20-12-14-9-7-6-8-13(14)11-15(20)17-19-18-16(4-2)21-17/h6-9,15H,3-5,10-12H2,1-2H3/t15-/m0/s1. The van der Waals surface area contributed by atoms with Gasteiger partial charge < -0.3 is 4.42 Å². The van der Waals surface area contributed by atoms with E-state index < -0.39 is 0 Å². The third kappa shape index (κ3) is 3.00. The first kappa shape index (κ1) is 14.3. The second-order valence-electron chi connectivity index (χ2n) is 5.70. The van der Waals surface area contributed by atoms with Crippen LogP contribution in [0.4, 0.5) is 0 Å². The molecule has 2 aromatic rings. The molecule has 1 aromatic carbocycles. The Labute approximate surface area is 126 Å². The van der Waals surface area contributed by atoms with Crippen LogP contribution in [0.1, 0.15) is 55.6 Å². The van der Waals surface area contributed by atoms with Crippen LogP contribution in [-0.2, 0) is 19.4 Å². The summed E-state index contributed by atoms with van der Waals surface area (Å²) in [7, 11) is 0. The average molecular weight is 285 g/mol. The van der Waals surface area contributed by atoms with Crippen molar-refractivity contribution >= 4 is 0 Å². The van der Waals surface area contributed by atoms with E-state index in [1.807, 2.05) is 6.92 Å². The quantitative estimate of drug-likeness (QED) is 0.842. The maximum absolute atomic E-state index is 5.83. The molecule has 1 aliphatic heterocycles. The molecule has 1 aromatic heterocycles. The van der Waals surface area contributed by atoms with Crippen LogP contribution >= 0.6 is 0 Å². The lowest BCUT2D eigenvalue weighted by molar-refractivity contribution is 0.143. The fourth-order valence-corrected chi connectivity index (χ4v) is 2.96. The average Bonchev–Trinajstić information content (AvgIpc) is 3.01. The zero-order valence-corrected chi connectivity index (χ0v) is 12.9. The monoisotopic (exact) mass is 285 g/mol. The van der Waals surface area contributed by atoms with E-state index in [-0.39, 0.29) is 6.04 Å². The van der Waals surface area contributed by atoms with Gasteiger partial charge in [0, 0.05) is 13.0 Å². The highest BCUT2D eigenvalue weighted by molar-refractivity contribution is 5.30. The highest BCUT2D eigenvalue weighted by Gasteiger charge is 2.30. The zero-order chi connectivity index (χ0) is 14.7. The fraction of sp³-hybridized carbons (Fsp3) is 0.529. The Bertz CT molecular complexity index is 593. The van der Waals surface area contributed by atoms with Gasteiger partial charge in [-0.2, -0.15) is 0 Å². The van der Waals surface area contributed by atoms with Gasteiger partial charge >= 0.3 is 0 Å². The van der Waals surface area contributed by atoms with Crippen LogP contribution in [0.25, 0.3) is 0 Å². The SMILES string of the molecule is CCCCN1Cc2ccccc2C[C@H]1c1nnc(CC)o1. The molecule has 3 rings (SSSR count). The summed E-state index contributed by atoms with van der Waals surface area (Å²) in [6.45, 7) is 6.33. The normalized spacial score (nSPS) is 18.7. The molecule has 1 atom stereocenters. The summed E-state index contributed by atoms with van der Waals surface area (Å²) in [6, 6.07) is 8.91. The van der Waals surface area contributed by atoms with Gasteiger partial charge in [-0.1, -0.05) is 44.5 Å². The van der Waals surface area contributed by atoms with E-state index in [0.717, 1.165) is 37.7 Å². The molecule has 0 saturated carbocycles. The molecule has 4 heteroatoms. The van der Waals surface area contributed by atoms with Crippen molar-refractivity contribution in [2.45, 2.75) is 52.1 Å². The van der Waals surface area contributed by atoms with Crippen LogP contribution < -0.4 is 0 Å².